The molecule has 1 aliphatic heterocycles. The Morgan fingerprint density at radius 1 is 1.19 bits per heavy atom. The molecule has 16 heavy (non-hydrogen) atoms. The molecule has 1 N–H and O–H groups in total. The second kappa shape index (κ2) is 4.79. The number of benzene rings is 1. The van der Waals surface area contributed by atoms with E-state index in [0.717, 1.165) is 5.56 Å². The highest BCUT2D eigenvalue weighted by Gasteiger charge is 2.24. The molecule has 1 aliphatic rings. The molecule has 1 aromatic carbocycles. The second-order valence-electron chi connectivity index (χ2n) is 3.76. The Morgan fingerprint density at radius 2 is 1.94 bits per heavy atom. The van der Waals surface area contributed by atoms with Gasteiger partial charge in [-0.05, 0) is 12.0 Å². The first-order chi connectivity index (χ1) is 7.77. The van der Waals surface area contributed by atoms with Gasteiger partial charge in [-0.2, -0.15) is 0 Å². The topological polar surface area (TPSA) is 49.4 Å². The first-order valence-corrected chi connectivity index (χ1v) is 5.39. The van der Waals surface area contributed by atoms with Gasteiger partial charge in [0.25, 0.3) is 0 Å². The van der Waals surface area contributed by atoms with Gasteiger partial charge in [0, 0.05) is 19.5 Å². The van der Waals surface area contributed by atoms with E-state index in [4.69, 9.17) is 0 Å². The average molecular weight is 218 g/mol. The second-order valence-corrected chi connectivity index (χ2v) is 3.76. The van der Waals surface area contributed by atoms with Gasteiger partial charge in [0.05, 0.1) is 0 Å². The number of hydrogen-bond acceptors (Lipinski definition) is 2. The van der Waals surface area contributed by atoms with Gasteiger partial charge in [-0.1, -0.05) is 30.3 Å². The summed E-state index contributed by atoms with van der Waals surface area (Å²) in [5.74, 6) is -0.0836. The summed E-state index contributed by atoms with van der Waals surface area (Å²) < 4.78 is 0. The summed E-state index contributed by atoms with van der Waals surface area (Å²) in [6.45, 7) is 0.911. The summed E-state index contributed by atoms with van der Waals surface area (Å²) in [7, 11) is 0. The maximum Gasteiger partial charge on any atom is 0.324 e. The molecule has 0 atom stereocenters. The van der Waals surface area contributed by atoms with Crippen LogP contribution < -0.4 is 5.32 Å². The van der Waals surface area contributed by atoms with E-state index in [1.807, 2.05) is 30.3 Å². The molecule has 0 aliphatic carbocycles. The molecule has 1 fully saturated rings. The molecule has 1 heterocycles. The molecule has 84 valence electrons. The van der Waals surface area contributed by atoms with Crippen LogP contribution >= 0.6 is 0 Å². The quantitative estimate of drug-likeness (QED) is 0.828. The molecule has 0 spiro atoms. The summed E-state index contributed by atoms with van der Waals surface area (Å²) in [5, 5.41) is 2.66. The maximum atomic E-state index is 11.5. The molecular weight excluding hydrogens is 204 g/mol. The summed E-state index contributed by atoms with van der Waals surface area (Å²) in [6, 6.07) is 9.56. The number of carbonyl (C=O) groups is 2. The van der Waals surface area contributed by atoms with Crippen molar-refractivity contribution in [3.8, 4) is 0 Å². The zero-order valence-corrected chi connectivity index (χ0v) is 8.98. The summed E-state index contributed by atoms with van der Waals surface area (Å²) >= 11 is 0. The van der Waals surface area contributed by atoms with Crippen LogP contribution in [0.4, 0.5) is 4.79 Å². The highest BCUT2D eigenvalue weighted by Crippen LogP contribution is 2.05. The Hall–Kier alpha value is -1.84. The molecule has 2 rings (SSSR count). The minimum absolute atomic E-state index is 0.0836. The monoisotopic (exact) mass is 218 g/mol. The Bertz CT molecular complexity index is 373. The largest absolute Gasteiger partial charge is 0.337 e. The molecule has 0 radical (unpaired) electrons. The summed E-state index contributed by atoms with van der Waals surface area (Å²) in [4.78, 5) is 24.2. The van der Waals surface area contributed by atoms with Crippen LogP contribution in [0.2, 0.25) is 0 Å². The third-order valence-electron chi connectivity index (χ3n) is 2.63. The fourth-order valence-corrected chi connectivity index (χ4v) is 1.73. The molecule has 0 saturated carbocycles. The molecule has 1 saturated heterocycles. The van der Waals surface area contributed by atoms with Crippen LogP contribution in [0, 0.1) is 0 Å². The minimum atomic E-state index is -0.271. The number of rotatable bonds is 3. The number of amides is 3. The van der Waals surface area contributed by atoms with E-state index in [1.54, 1.807) is 0 Å². The average Bonchev–Trinajstić information content (AvgIpc) is 2.30. The van der Waals surface area contributed by atoms with Gasteiger partial charge in [0.2, 0.25) is 5.91 Å². The summed E-state index contributed by atoms with van der Waals surface area (Å²) in [6.07, 6.45) is 1.11. The minimum Gasteiger partial charge on any atom is -0.337 e. The van der Waals surface area contributed by atoms with Crippen molar-refractivity contribution in [3.05, 3.63) is 35.9 Å². The zero-order valence-electron chi connectivity index (χ0n) is 8.98. The first kappa shape index (κ1) is 10.7. The van der Waals surface area contributed by atoms with Gasteiger partial charge in [-0.25, -0.2) is 4.79 Å². The van der Waals surface area contributed by atoms with Gasteiger partial charge in [0.1, 0.15) is 0 Å². The molecule has 0 aromatic heterocycles. The van der Waals surface area contributed by atoms with Gasteiger partial charge in [-0.15, -0.1) is 0 Å². The lowest BCUT2D eigenvalue weighted by Gasteiger charge is -2.25. The molecule has 0 unspecified atom stereocenters. The van der Waals surface area contributed by atoms with Crippen LogP contribution in [0.5, 0.6) is 0 Å². The summed E-state index contributed by atoms with van der Waals surface area (Å²) in [5.41, 5.74) is 1.13. The lowest BCUT2D eigenvalue weighted by molar-refractivity contribution is -0.129. The number of urea groups is 1. The molecule has 0 bridgehead atoms. The van der Waals surface area contributed by atoms with E-state index >= 15 is 0 Å². The van der Waals surface area contributed by atoms with E-state index in [1.165, 1.54) is 4.90 Å². The van der Waals surface area contributed by atoms with Crippen LogP contribution in [0.1, 0.15) is 12.0 Å². The molecule has 4 heteroatoms. The van der Waals surface area contributed by atoms with Crippen LogP contribution in [0.25, 0.3) is 0 Å². The van der Waals surface area contributed by atoms with Crippen LogP contribution in [-0.4, -0.2) is 29.9 Å². The Labute approximate surface area is 94.2 Å². The molecule has 3 amide bonds. The van der Waals surface area contributed by atoms with Crippen LogP contribution in [0.15, 0.2) is 30.3 Å². The van der Waals surface area contributed by atoms with E-state index in [2.05, 4.69) is 5.32 Å². The highest BCUT2D eigenvalue weighted by atomic mass is 16.2. The molecule has 4 nitrogen and oxygen atoms in total. The molecular formula is C12H14N2O2. The predicted molar refractivity (Wildman–Crippen MR) is 59.9 cm³/mol. The Balaban J connectivity index is 1.94. The Morgan fingerprint density at radius 3 is 2.62 bits per heavy atom. The normalized spacial score (nSPS) is 16.1. The van der Waals surface area contributed by atoms with Crippen molar-refractivity contribution in [1.82, 2.24) is 10.2 Å². The van der Waals surface area contributed by atoms with Crippen molar-refractivity contribution >= 4 is 11.9 Å². The van der Waals surface area contributed by atoms with E-state index < -0.39 is 0 Å². The van der Waals surface area contributed by atoms with Crippen LogP contribution in [0.3, 0.4) is 0 Å². The number of imide groups is 1. The van der Waals surface area contributed by atoms with Crippen molar-refractivity contribution < 1.29 is 9.59 Å². The van der Waals surface area contributed by atoms with E-state index in [-0.39, 0.29) is 11.9 Å². The fourth-order valence-electron chi connectivity index (χ4n) is 1.73. The van der Waals surface area contributed by atoms with E-state index in [9.17, 15) is 9.59 Å². The van der Waals surface area contributed by atoms with Crippen LogP contribution in [-0.2, 0) is 11.2 Å². The highest BCUT2D eigenvalue weighted by molar-refractivity contribution is 5.96. The number of hydrogen-bond donors (Lipinski definition) is 1. The molecule has 1 aromatic rings. The number of nitrogens with zero attached hydrogens (tertiary/aromatic N) is 1. The standard InChI is InChI=1S/C12H14N2O2/c15-11-6-8-13-12(16)14(11)9-7-10-4-2-1-3-5-10/h1-5H,6-9H2,(H,13,16). The maximum absolute atomic E-state index is 11.5. The SMILES string of the molecule is O=C1CCNC(=O)N1CCc1ccccc1. The lowest BCUT2D eigenvalue weighted by Crippen LogP contribution is -2.50. The third kappa shape index (κ3) is 2.39. The van der Waals surface area contributed by atoms with Crippen molar-refractivity contribution in [2.45, 2.75) is 12.8 Å². The van der Waals surface area contributed by atoms with Gasteiger partial charge < -0.3 is 5.32 Å². The van der Waals surface area contributed by atoms with Gasteiger partial charge in [-0.3, -0.25) is 9.69 Å². The number of nitrogens with one attached hydrogen (secondary N) is 1. The van der Waals surface area contributed by atoms with Crippen molar-refractivity contribution in [3.63, 3.8) is 0 Å². The predicted octanol–water partition coefficient (Wildman–Crippen LogP) is 1.17. The van der Waals surface area contributed by atoms with E-state index in [0.29, 0.717) is 25.9 Å². The smallest absolute Gasteiger partial charge is 0.324 e. The zero-order chi connectivity index (χ0) is 11.4. The third-order valence-corrected chi connectivity index (χ3v) is 2.63. The van der Waals surface area contributed by atoms with Crippen molar-refractivity contribution in [2.75, 3.05) is 13.1 Å². The first-order valence-electron chi connectivity index (χ1n) is 5.39. The van der Waals surface area contributed by atoms with Crippen molar-refractivity contribution in [2.24, 2.45) is 0 Å². The lowest BCUT2D eigenvalue weighted by atomic mass is 10.1. The number of carbonyl (C=O) groups excluding carboxylic acids is 2. The van der Waals surface area contributed by atoms with Gasteiger partial charge >= 0.3 is 6.03 Å². The fraction of sp³-hybridized carbons (Fsp3) is 0.333. The van der Waals surface area contributed by atoms with Gasteiger partial charge in [0.15, 0.2) is 0 Å². The van der Waals surface area contributed by atoms with Crippen molar-refractivity contribution in [1.29, 1.82) is 0 Å². The Kier molecular flexibility index (Phi) is 3.19.